The lowest BCUT2D eigenvalue weighted by Crippen LogP contribution is -2.41. The van der Waals surface area contributed by atoms with E-state index in [1.54, 1.807) is 13.3 Å². The van der Waals surface area contributed by atoms with Gasteiger partial charge in [0.25, 0.3) is 0 Å². The highest BCUT2D eigenvalue weighted by molar-refractivity contribution is 7.99. The zero-order chi connectivity index (χ0) is 27.8. The lowest BCUT2D eigenvalue weighted by Gasteiger charge is -2.39. The molecule has 3 atom stereocenters. The quantitative estimate of drug-likeness (QED) is 0.188. The molecule has 4 rings (SSSR count). The highest BCUT2D eigenvalue weighted by Gasteiger charge is 2.30. The van der Waals surface area contributed by atoms with Gasteiger partial charge in [-0.3, -0.25) is 9.78 Å². The van der Waals surface area contributed by atoms with E-state index in [1.165, 1.54) is 30.0 Å². The minimum absolute atomic E-state index is 0.0644. The molecule has 2 N–H and O–H groups in total. The van der Waals surface area contributed by atoms with E-state index in [0.29, 0.717) is 30.3 Å². The number of piperidine rings is 1. The highest BCUT2D eigenvalue weighted by Crippen LogP contribution is 2.35. The standard InChI is InChI=1S/C30H36F2N2O4S/c1-38-22-8-9-27-24(18-22)23(12-14-33-27)28(35)10-6-20-13-16-34(19-21(20)7-11-29(36)37)15-3-17-39-30-25(31)4-2-5-26(30)32/h2,4-5,8-9,12,14,18,20-21,28,35H,3,6-7,10-11,13,15-17,19H2,1H3,(H,36,37)/t20-,21-,28-/m1/s1. The number of halogens is 2. The third-order valence-electron chi connectivity index (χ3n) is 7.64. The number of pyridine rings is 1. The summed E-state index contributed by atoms with van der Waals surface area (Å²) in [5.74, 6) is -0.0120. The van der Waals surface area contributed by atoms with Gasteiger partial charge in [-0.15, -0.1) is 11.8 Å². The Morgan fingerprint density at radius 3 is 2.72 bits per heavy atom. The molecule has 39 heavy (non-hydrogen) atoms. The molecule has 1 aromatic heterocycles. The second kappa shape index (κ2) is 14.1. The van der Waals surface area contributed by atoms with Crippen LogP contribution in [-0.2, 0) is 4.79 Å². The van der Waals surface area contributed by atoms with Crippen molar-refractivity contribution in [2.45, 2.75) is 49.5 Å². The number of hydrogen-bond donors (Lipinski definition) is 2. The van der Waals surface area contributed by atoms with Crippen molar-refractivity contribution < 1.29 is 28.5 Å². The minimum atomic E-state index is -0.800. The van der Waals surface area contributed by atoms with Crippen LogP contribution in [0.1, 0.15) is 50.2 Å². The van der Waals surface area contributed by atoms with E-state index in [0.717, 1.165) is 55.4 Å². The van der Waals surface area contributed by atoms with E-state index < -0.39 is 23.7 Å². The summed E-state index contributed by atoms with van der Waals surface area (Å²) >= 11 is 1.20. The molecular weight excluding hydrogens is 522 g/mol. The molecule has 9 heteroatoms. The van der Waals surface area contributed by atoms with E-state index in [1.807, 2.05) is 24.3 Å². The van der Waals surface area contributed by atoms with Crippen LogP contribution in [0.2, 0.25) is 0 Å². The number of carboxylic acid groups (broad SMARTS) is 1. The Morgan fingerprint density at radius 2 is 1.97 bits per heavy atom. The third-order valence-corrected chi connectivity index (χ3v) is 8.81. The molecular formula is C30H36F2N2O4S. The highest BCUT2D eigenvalue weighted by atomic mass is 32.2. The SMILES string of the molecule is COc1ccc2nccc([C@H](O)CC[C@@H]3CCN(CCCSc4c(F)cccc4F)C[C@H]3CCC(=O)O)c2c1. The molecule has 6 nitrogen and oxygen atoms in total. The van der Waals surface area contributed by atoms with Crippen molar-refractivity contribution in [1.29, 1.82) is 0 Å². The number of methoxy groups -OCH3 is 1. The number of carbonyl (C=O) groups is 1. The molecule has 0 radical (unpaired) electrons. The van der Waals surface area contributed by atoms with Gasteiger partial charge in [-0.05, 0) is 105 Å². The number of carboxylic acids is 1. The van der Waals surface area contributed by atoms with Crippen molar-refractivity contribution in [2.75, 3.05) is 32.5 Å². The number of nitrogens with zero attached hydrogens (tertiary/aromatic N) is 2. The second-order valence-corrected chi connectivity index (χ2v) is 11.3. The first-order valence-electron chi connectivity index (χ1n) is 13.5. The molecule has 0 saturated carbocycles. The summed E-state index contributed by atoms with van der Waals surface area (Å²) in [6.07, 6.45) is 4.86. The summed E-state index contributed by atoms with van der Waals surface area (Å²) in [6, 6.07) is 11.4. The van der Waals surface area contributed by atoms with E-state index >= 15 is 0 Å². The van der Waals surface area contributed by atoms with Gasteiger partial charge in [0.15, 0.2) is 0 Å². The summed E-state index contributed by atoms with van der Waals surface area (Å²) in [5, 5.41) is 21.3. The lowest BCUT2D eigenvalue weighted by molar-refractivity contribution is -0.137. The van der Waals surface area contributed by atoms with Gasteiger partial charge < -0.3 is 19.8 Å². The van der Waals surface area contributed by atoms with Gasteiger partial charge in [-0.1, -0.05) is 6.07 Å². The summed E-state index contributed by atoms with van der Waals surface area (Å²) in [7, 11) is 1.61. The van der Waals surface area contributed by atoms with Crippen molar-refractivity contribution in [3.8, 4) is 5.75 Å². The van der Waals surface area contributed by atoms with Crippen LogP contribution in [0.3, 0.4) is 0 Å². The number of aliphatic hydroxyl groups is 1. The number of aliphatic hydroxyl groups excluding tert-OH is 1. The monoisotopic (exact) mass is 558 g/mol. The molecule has 0 bridgehead atoms. The third kappa shape index (κ3) is 7.90. The van der Waals surface area contributed by atoms with Gasteiger partial charge in [0, 0.05) is 24.5 Å². The molecule has 1 fully saturated rings. The Balaban J connectivity index is 1.32. The van der Waals surface area contributed by atoms with Crippen molar-refractivity contribution in [2.24, 2.45) is 11.8 Å². The first kappa shape index (κ1) is 29.2. The number of aromatic nitrogens is 1. The number of benzene rings is 2. The fourth-order valence-electron chi connectivity index (χ4n) is 5.55. The predicted octanol–water partition coefficient (Wildman–Crippen LogP) is 6.32. The average molecular weight is 559 g/mol. The fourth-order valence-corrected chi connectivity index (χ4v) is 6.44. The van der Waals surface area contributed by atoms with Crippen LogP contribution in [0, 0.1) is 23.5 Å². The van der Waals surface area contributed by atoms with E-state index in [4.69, 9.17) is 4.74 Å². The molecule has 0 aliphatic carbocycles. The fraction of sp³-hybridized carbons (Fsp3) is 0.467. The van der Waals surface area contributed by atoms with Crippen molar-refractivity contribution in [1.82, 2.24) is 9.88 Å². The lowest BCUT2D eigenvalue weighted by atomic mass is 9.79. The van der Waals surface area contributed by atoms with Crippen LogP contribution in [0.5, 0.6) is 5.75 Å². The van der Waals surface area contributed by atoms with Crippen LogP contribution < -0.4 is 4.74 Å². The number of aliphatic carboxylic acids is 1. The van der Waals surface area contributed by atoms with Gasteiger partial charge in [-0.25, -0.2) is 8.78 Å². The molecule has 1 aliphatic rings. The van der Waals surface area contributed by atoms with Crippen LogP contribution in [0.4, 0.5) is 8.78 Å². The van der Waals surface area contributed by atoms with Gasteiger partial charge in [-0.2, -0.15) is 0 Å². The summed E-state index contributed by atoms with van der Waals surface area (Å²) in [4.78, 5) is 18.1. The van der Waals surface area contributed by atoms with Gasteiger partial charge >= 0.3 is 5.97 Å². The number of likely N-dealkylation sites (tertiary alicyclic amines) is 1. The van der Waals surface area contributed by atoms with Crippen molar-refractivity contribution in [3.05, 3.63) is 65.9 Å². The van der Waals surface area contributed by atoms with Crippen LogP contribution >= 0.6 is 11.8 Å². The van der Waals surface area contributed by atoms with E-state index in [-0.39, 0.29) is 17.2 Å². The maximum Gasteiger partial charge on any atom is 0.303 e. The maximum absolute atomic E-state index is 13.9. The van der Waals surface area contributed by atoms with E-state index in [2.05, 4.69) is 9.88 Å². The Labute approximate surface area is 232 Å². The molecule has 2 aromatic carbocycles. The number of thioether (sulfide) groups is 1. The molecule has 0 unspecified atom stereocenters. The number of fused-ring (bicyclic) bond motifs is 1. The molecule has 0 amide bonds. The molecule has 1 aliphatic heterocycles. The zero-order valence-corrected chi connectivity index (χ0v) is 23.0. The topological polar surface area (TPSA) is 82.9 Å². The molecule has 2 heterocycles. The number of ether oxygens (including phenoxy) is 1. The Hall–Kier alpha value is -2.75. The van der Waals surface area contributed by atoms with Crippen molar-refractivity contribution in [3.63, 3.8) is 0 Å². The van der Waals surface area contributed by atoms with Gasteiger partial charge in [0.2, 0.25) is 0 Å². The second-order valence-electron chi connectivity index (χ2n) is 10.2. The Morgan fingerprint density at radius 1 is 1.18 bits per heavy atom. The van der Waals surface area contributed by atoms with Gasteiger partial charge in [0.1, 0.15) is 17.4 Å². The Kier molecular flexibility index (Phi) is 10.5. The largest absolute Gasteiger partial charge is 0.497 e. The summed E-state index contributed by atoms with van der Waals surface area (Å²) < 4.78 is 33.1. The summed E-state index contributed by atoms with van der Waals surface area (Å²) in [6.45, 7) is 2.48. The first-order chi connectivity index (χ1) is 18.9. The van der Waals surface area contributed by atoms with Crippen LogP contribution in [-0.4, -0.2) is 58.6 Å². The number of hydrogen-bond acceptors (Lipinski definition) is 6. The Bertz CT molecular complexity index is 1240. The average Bonchev–Trinajstić information content (AvgIpc) is 2.93. The normalized spacial score (nSPS) is 18.8. The summed E-state index contributed by atoms with van der Waals surface area (Å²) in [5.41, 5.74) is 1.62. The molecule has 1 saturated heterocycles. The number of rotatable bonds is 13. The molecule has 210 valence electrons. The van der Waals surface area contributed by atoms with Crippen LogP contribution in [0.15, 0.2) is 53.6 Å². The first-order valence-corrected chi connectivity index (χ1v) is 14.5. The van der Waals surface area contributed by atoms with Gasteiger partial charge in [0.05, 0.1) is 23.6 Å². The van der Waals surface area contributed by atoms with Crippen LogP contribution in [0.25, 0.3) is 10.9 Å². The molecule has 3 aromatic rings. The van der Waals surface area contributed by atoms with Crippen molar-refractivity contribution >= 4 is 28.6 Å². The van der Waals surface area contributed by atoms with E-state index in [9.17, 15) is 23.8 Å². The molecule has 0 spiro atoms. The zero-order valence-electron chi connectivity index (χ0n) is 22.2. The smallest absolute Gasteiger partial charge is 0.303 e. The maximum atomic E-state index is 13.9. The minimum Gasteiger partial charge on any atom is -0.497 e. The predicted molar refractivity (Wildman–Crippen MR) is 149 cm³/mol.